The van der Waals surface area contributed by atoms with Crippen LogP contribution in [-0.2, 0) is 27.3 Å². The van der Waals surface area contributed by atoms with Crippen molar-refractivity contribution in [2.24, 2.45) is 0 Å². The van der Waals surface area contributed by atoms with Crippen LogP contribution in [0.5, 0.6) is 0 Å². The van der Waals surface area contributed by atoms with Gasteiger partial charge in [-0.2, -0.15) is 0 Å². The van der Waals surface area contributed by atoms with Gasteiger partial charge < -0.3 is 15.0 Å². The van der Waals surface area contributed by atoms with Crippen LogP contribution in [0.4, 0.5) is 4.39 Å². The second kappa shape index (κ2) is 9.50. The van der Waals surface area contributed by atoms with E-state index in [1.54, 1.807) is 12.1 Å². The maximum Gasteiger partial charge on any atom is 0.255 e. The van der Waals surface area contributed by atoms with Gasteiger partial charge in [-0.15, -0.1) is 0 Å². The van der Waals surface area contributed by atoms with Crippen molar-refractivity contribution in [1.29, 1.82) is 0 Å². The van der Waals surface area contributed by atoms with Gasteiger partial charge >= 0.3 is 0 Å². The van der Waals surface area contributed by atoms with E-state index in [9.17, 15) is 14.4 Å². The topological polar surface area (TPSA) is 87.7 Å². The number of carbonyl (C=O) groups excluding carboxylic acids is 3. The van der Waals surface area contributed by atoms with E-state index in [0.29, 0.717) is 35.8 Å². The van der Waals surface area contributed by atoms with E-state index >= 15 is 4.39 Å². The van der Waals surface area contributed by atoms with E-state index in [-0.39, 0.29) is 49.2 Å². The molecule has 1 unspecified atom stereocenters. The first-order valence-electron chi connectivity index (χ1n) is 12.3. The summed E-state index contributed by atoms with van der Waals surface area (Å²) in [5, 5.41) is 6.07. The summed E-state index contributed by atoms with van der Waals surface area (Å²) in [6.45, 7) is 0.733. The zero-order valence-corrected chi connectivity index (χ0v) is 18.9. The van der Waals surface area contributed by atoms with Crippen LogP contribution in [0.3, 0.4) is 0 Å². The number of nitrogens with one attached hydrogen (secondary N) is 2. The average molecular weight is 458 g/mol. The van der Waals surface area contributed by atoms with Gasteiger partial charge in [-0.3, -0.25) is 19.7 Å². The first kappa shape index (κ1) is 22.5. The molecule has 3 atom stereocenters. The van der Waals surface area contributed by atoms with Gasteiger partial charge in [0.15, 0.2) is 0 Å². The Morgan fingerprint density at radius 3 is 2.67 bits per heavy atom. The molecule has 7 nitrogen and oxygen atoms in total. The van der Waals surface area contributed by atoms with Crippen molar-refractivity contribution in [2.75, 3.05) is 6.61 Å². The molecule has 3 amide bonds. The normalized spacial score (nSPS) is 28.7. The third-order valence-electron chi connectivity index (χ3n) is 7.65. The molecule has 1 saturated carbocycles. The molecule has 33 heavy (non-hydrogen) atoms. The molecule has 0 radical (unpaired) electrons. The summed E-state index contributed by atoms with van der Waals surface area (Å²) >= 11 is 0. The molecule has 178 valence electrons. The first-order valence-corrected chi connectivity index (χ1v) is 12.3. The number of hydrogen-bond acceptors (Lipinski definition) is 5. The maximum absolute atomic E-state index is 15.6. The standard InChI is InChI=1S/C25H32FN3O4/c26-23-15(13-21-19(7-4-12-33-21)27-16-5-2-1-3-6-16)8-9-17-18(23)14-29(25(17)32)20-10-11-22(30)28-24(20)31/h8-9,16,19-21,27H,1-7,10-14H2,(H,28,30,31)/t19-,20?,21+/m0/s1. The van der Waals surface area contributed by atoms with Gasteiger partial charge in [-0.1, -0.05) is 25.3 Å². The number of piperidine rings is 1. The number of ether oxygens (including phenoxy) is 1. The van der Waals surface area contributed by atoms with Crippen LogP contribution in [0.15, 0.2) is 12.1 Å². The lowest BCUT2D eigenvalue weighted by atomic mass is 9.90. The summed E-state index contributed by atoms with van der Waals surface area (Å²) in [7, 11) is 0. The largest absolute Gasteiger partial charge is 0.376 e. The summed E-state index contributed by atoms with van der Waals surface area (Å²) in [5.74, 6) is -1.55. The molecule has 3 fully saturated rings. The van der Waals surface area contributed by atoms with Gasteiger partial charge in [0.2, 0.25) is 11.8 Å². The number of amides is 3. The highest BCUT2D eigenvalue weighted by atomic mass is 19.1. The fourth-order valence-electron chi connectivity index (χ4n) is 5.83. The summed E-state index contributed by atoms with van der Waals surface area (Å²) < 4.78 is 21.7. The molecule has 5 rings (SSSR count). The van der Waals surface area contributed by atoms with E-state index < -0.39 is 11.9 Å². The van der Waals surface area contributed by atoms with Gasteiger partial charge in [0.25, 0.3) is 5.91 Å². The summed E-state index contributed by atoms with van der Waals surface area (Å²) in [5.41, 5.74) is 1.20. The van der Waals surface area contributed by atoms with Gasteiger partial charge in [0.1, 0.15) is 11.9 Å². The molecule has 1 aromatic carbocycles. The summed E-state index contributed by atoms with van der Waals surface area (Å²) in [6, 6.07) is 3.34. The fourth-order valence-corrected chi connectivity index (χ4v) is 5.83. The molecule has 3 aliphatic heterocycles. The predicted molar refractivity (Wildman–Crippen MR) is 119 cm³/mol. The van der Waals surface area contributed by atoms with Crippen molar-refractivity contribution in [3.8, 4) is 0 Å². The number of benzene rings is 1. The van der Waals surface area contributed by atoms with Gasteiger partial charge in [0.05, 0.1) is 12.6 Å². The lowest BCUT2D eigenvalue weighted by Crippen LogP contribution is -2.52. The highest BCUT2D eigenvalue weighted by Crippen LogP contribution is 2.32. The minimum absolute atomic E-state index is 0.0510. The van der Waals surface area contributed by atoms with Gasteiger partial charge in [0, 0.05) is 42.7 Å². The number of fused-ring (bicyclic) bond motifs is 1. The molecule has 1 aromatic rings. The van der Waals surface area contributed by atoms with Crippen molar-refractivity contribution in [3.63, 3.8) is 0 Å². The molecule has 0 bridgehead atoms. The Morgan fingerprint density at radius 2 is 1.88 bits per heavy atom. The molecule has 2 N–H and O–H groups in total. The number of nitrogens with zero attached hydrogens (tertiary/aromatic N) is 1. The van der Waals surface area contributed by atoms with Crippen LogP contribution in [0.1, 0.15) is 79.3 Å². The lowest BCUT2D eigenvalue weighted by molar-refractivity contribution is -0.136. The van der Waals surface area contributed by atoms with Crippen molar-refractivity contribution in [1.82, 2.24) is 15.5 Å². The molecule has 1 aliphatic carbocycles. The van der Waals surface area contributed by atoms with Crippen LogP contribution in [0.2, 0.25) is 0 Å². The summed E-state index contributed by atoms with van der Waals surface area (Å²) in [4.78, 5) is 38.0. The number of rotatable bonds is 5. The van der Waals surface area contributed by atoms with E-state index in [4.69, 9.17) is 4.74 Å². The molecule has 0 spiro atoms. The van der Waals surface area contributed by atoms with Gasteiger partial charge in [-0.25, -0.2) is 4.39 Å². The zero-order valence-electron chi connectivity index (χ0n) is 18.9. The molecule has 0 aromatic heterocycles. The van der Waals surface area contributed by atoms with Crippen molar-refractivity contribution in [3.05, 3.63) is 34.6 Å². The number of imide groups is 1. The number of hydrogen-bond donors (Lipinski definition) is 2. The average Bonchev–Trinajstić information content (AvgIpc) is 3.14. The van der Waals surface area contributed by atoms with E-state index in [0.717, 1.165) is 12.8 Å². The lowest BCUT2D eigenvalue weighted by Gasteiger charge is -2.36. The Morgan fingerprint density at radius 1 is 1.06 bits per heavy atom. The van der Waals surface area contributed by atoms with Gasteiger partial charge in [-0.05, 0) is 43.7 Å². The Hall–Kier alpha value is -2.32. The molecule has 8 heteroatoms. The molecule has 4 aliphatic rings. The molecular formula is C25H32FN3O4. The Labute approximate surface area is 193 Å². The van der Waals surface area contributed by atoms with Crippen molar-refractivity contribution >= 4 is 17.7 Å². The minimum atomic E-state index is -0.740. The fraction of sp³-hybridized carbons (Fsp3) is 0.640. The highest BCUT2D eigenvalue weighted by molar-refractivity contribution is 6.05. The second-order valence-electron chi connectivity index (χ2n) is 9.83. The quantitative estimate of drug-likeness (QED) is 0.664. The van der Waals surface area contributed by atoms with E-state index in [1.165, 1.54) is 37.0 Å². The predicted octanol–water partition coefficient (Wildman–Crippen LogP) is 2.60. The van der Waals surface area contributed by atoms with Crippen LogP contribution in [-0.4, -0.2) is 53.5 Å². The summed E-state index contributed by atoms with van der Waals surface area (Å²) in [6.07, 6.45) is 9.02. The molecule has 3 heterocycles. The van der Waals surface area contributed by atoms with Crippen LogP contribution in [0.25, 0.3) is 0 Å². The Balaban J connectivity index is 1.30. The second-order valence-corrected chi connectivity index (χ2v) is 9.83. The monoisotopic (exact) mass is 457 g/mol. The van der Waals surface area contributed by atoms with E-state index in [1.807, 2.05) is 0 Å². The third-order valence-corrected chi connectivity index (χ3v) is 7.65. The number of carbonyl (C=O) groups is 3. The van der Waals surface area contributed by atoms with Crippen molar-refractivity contribution < 1.29 is 23.5 Å². The first-order chi connectivity index (χ1) is 16.0. The SMILES string of the molecule is O=C1CCC(N2Cc3c(ccc(C[C@H]4OCCC[C@@H]4NC4CCCCC4)c3F)C2=O)C(=O)N1. The van der Waals surface area contributed by atoms with Crippen molar-refractivity contribution in [2.45, 2.75) is 95.0 Å². The molecular weight excluding hydrogens is 425 g/mol. The van der Waals surface area contributed by atoms with Crippen LogP contribution < -0.4 is 10.6 Å². The zero-order chi connectivity index (χ0) is 22.9. The Bertz CT molecular complexity index is 946. The van der Waals surface area contributed by atoms with E-state index in [2.05, 4.69) is 10.6 Å². The Kier molecular flexibility index (Phi) is 6.47. The molecule has 2 saturated heterocycles. The highest BCUT2D eigenvalue weighted by Gasteiger charge is 2.41. The maximum atomic E-state index is 15.6. The van der Waals surface area contributed by atoms with Crippen LogP contribution >= 0.6 is 0 Å². The van der Waals surface area contributed by atoms with Crippen LogP contribution in [0, 0.1) is 5.82 Å². The minimum Gasteiger partial charge on any atom is -0.376 e. The third kappa shape index (κ3) is 4.55. The number of halogens is 1. The smallest absolute Gasteiger partial charge is 0.255 e.